The van der Waals surface area contributed by atoms with Gasteiger partial charge in [0.2, 0.25) is 5.69 Å². The molecule has 2 unspecified atom stereocenters. The molecule has 2 atom stereocenters. The van der Waals surface area contributed by atoms with E-state index in [1.54, 1.807) is 17.8 Å². The number of allylic oxidation sites excluding steroid dienone is 7. The SMILES string of the molecule is CC1(C)C(=CC=C2C(SCCC(=O)O)=C(C=CC3=[N+](CCCSOOO)c4ccc(SOOO)cc4C3(C)C)C3CCC2C3)N(CCCSOOO)c2ccc(S(=O)(=O)O)cc21. The Morgan fingerprint density at radius 2 is 1.58 bits per heavy atom. The molecule has 6 rings (SSSR count). The van der Waals surface area contributed by atoms with Gasteiger partial charge in [0.1, 0.15) is 6.54 Å². The fourth-order valence-corrected chi connectivity index (χ4v) is 11.9. The zero-order valence-corrected chi connectivity index (χ0v) is 38.6. The first-order valence-corrected chi connectivity index (χ1v) is 24.8. The van der Waals surface area contributed by atoms with Gasteiger partial charge in [-0.2, -0.15) is 13.0 Å². The van der Waals surface area contributed by atoms with Crippen molar-refractivity contribution in [3.63, 3.8) is 0 Å². The van der Waals surface area contributed by atoms with Crippen molar-refractivity contribution in [3.05, 3.63) is 93.6 Å². The third-order valence-corrected chi connectivity index (χ3v) is 15.6. The Kier molecular flexibility index (Phi) is 16.9. The summed E-state index contributed by atoms with van der Waals surface area (Å²) >= 11 is 4.41. The van der Waals surface area contributed by atoms with Crippen LogP contribution in [0, 0.1) is 11.8 Å². The van der Waals surface area contributed by atoms with E-state index in [0.717, 1.165) is 110 Å². The average molecular weight is 956 g/mol. The molecule has 0 amide bonds. The predicted molar refractivity (Wildman–Crippen MR) is 238 cm³/mol. The highest BCUT2D eigenvalue weighted by atomic mass is 32.2. The number of thioether (sulfide) groups is 1. The number of benzene rings is 2. The van der Waals surface area contributed by atoms with Gasteiger partial charge < -0.3 is 10.0 Å². The minimum Gasteiger partial charge on any atom is -0.481 e. The summed E-state index contributed by atoms with van der Waals surface area (Å²) in [6, 6.07) is 10.5. The Bertz CT molecular complexity index is 2240. The van der Waals surface area contributed by atoms with Crippen LogP contribution in [0.25, 0.3) is 0 Å². The van der Waals surface area contributed by atoms with Crippen LogP contribution in [0.3, 0.4) is 0 Å². The monoisotopic (exact) mass is 955 g/mol. The first kappa shape index (κ1) is 48.7. The first-order valence-electron chi connectivity index (χ1n) is 19.9. The number of hydrogen-bond acceptors (Lipinski definition) is 17. The predicted octanol–water partition coefficient (Wildman–Crippen LogP) is 9.71. The minimum atomic E-state index is -4.46. The third-order valence-electron chi connectivity index (χ3n) is 11.8. The lowest BCUT2D eigenvalue weighted by atomic mass is 9.80. The van der Waals surface area contributed by atoms with Gasteiger partial charge in [-0.3, -0.25) is 9.35 Å². The first-order chi connectivity index (χ1) is 29.6. The largest absolute Gasteiger partial charge is 0.481 e. The number of anilines is 1. The van der Waals surface area contributed by atoms with Crippen LogP contribution in [-0.2, 0) is 53.9 Å². The molecule has 2 bridgehead atoms. The van der Waals surface area contributed by atoms with Gasteiger partial charge in [0.15, 0.2) is 5.71 Å². The molecular formula is C41H51N2O14S5+. The van der Waals surface area contributed by atoms with Crippen LogP contribution >= 0.6 is 47.9 Å². The van der Waals surface area contributed by atoms with E-state index in [2.05, 4.69) is 71.4 Å². The zero-order valence-electron chi connectivity index (χ0n) is 34.6. The summed E-state index contributed by atoms with van der Waals surface area (Å²) in [5.41, 5.74) is 6.73. The van der Waals surface area contributed by atoms with Crippen molar-refractivity contribution >= 4 is 81.1 Å². The van der Waals surface area contributed by atoms with E-state index in [1.807, 2.05) is 32.0 Å². The number of aliphatic carboxylic acids is 1. The van der Waals surface area contributed by atoms with Crippen molar-refractivity contribution in [2.24, 2.45) is 11.8 Å². The summed E-state index contributed by atoms with van der Waals surface area (Å²) in [4.78, 5) is 15.6. The Morgan fingerprint density at radius 1 is 0.871 bits per heavy atom. The number of rotatable bonds is 23. The fraction of sp³-hybridized carbons (Fsp3) is 0.463. The van der Waals surface area contributed by atoms with E-state index in [1.165, 1.54) is 12.1 Å². The smallest absolute Gasteiger partial charge is 0.304 e. The molecule has 0 radical (unpaired) electrons. The van der Waals surface area contributed by atoms with Crippen molar-refractivity contribution in [1.82, 2.24) is 0 Å². The van der Waals surface area contributed by atoms with Gasteiger partial charge in [0.05, 0.1) is 28.8 Å². The van der Waals surface area contributed by atoms with Crippen LogP contribution in [0.5, 0.6) is 0 Å². The maximum Gasteiger partial charge on any atom is 0.304 e. The molecule has 4 aliphatic rings. The van der Waals surface area contributed by atoms with E-state index in [-0.39, 0.29) is 23.2 Å². The molecule has 2 heterocycles. The highest BCUT2D eigenvalue weighted by molar-refractivity contribution is 8.03. The van der Waals surface area contributed by atoms with Crippen LogP contribution in [0.2, 0.25) is 0 Å². The molecule has 2 aliphatic heterocycles. The lowest BCUT2D eigenvalue weighted by molar-refractivity contribution is -0.438. The molecule has 0 saturated heterocycles. The van der Waals surface area contributed by atoms with Gasteiger partial charge in [0.25, 0.3) is 10.1 Å². The maximum atomic E-state index is 12.2. The molecule has 338 valence electrons. The summed E-state index contributed by atoms with van der Waals surface area (Å²) in [6.45, 7) is 9.51. The van der Waals surface area contributed by atoms with Gasteiger partial charge in [0, 0.05) is 98.6 Å². The van der Waals surface area contributed by atoms with E-state index in [4.69, 9.17) is 20.1 Å². The zero-order chi connectivity index (χ0) is 44.7. The highest BCUT2D eigenvalue weighted by Gasteiger charge is 2.46. The number of fused-ring (bicyclic) bond motifs is 4. The van der Waals surface area contributed by atoms with E-state index >= 15 is 0 Å². The van der Waals surface area contributed by atoms with Crippen LogP contribution in [-0.4, -0.2) is 80.5 Å². The van der Waals surface area contributed by atoms with Crippen LogP contribution < -0.4 is 4.90 Å². The Balaban J connectivity index is 1.44. The topological polar surface area (TPSA) is 214 Å². The number of carboxylic acids is 1. The summed E-state index contributed by atoms with van der Waals surface area (Å²) in [5, 5.41) is 47.1. The molecule has 2 aromatic carbocycles. The van der Waals surface area contributed by atoms with Crippen molar-refractivity contribution in [3.8, 4) is 0 Å². The normalized spacial score (nSPS) is 21.6. The number of carbonyl (C=O) groups is 1. The summed E-state index contributed by atoms with van der Waals surface area (Å²) in [7, 11) is -4.46. The van der Waals surface area contributed by atoms with Crippen LogP contribution in [0.1, 0.15) is 77.3 Å². The molecule has 0 aromatic heterocycles. The molecule has 0 spiro atoms. The highest BCUT2D eigenvalue weighted by Crippen LogP contribution is 2.54. The van der Waals surface area contributed by atoms with E-state index in [0.29, 0.717) is 43.2 Å². The molecule has 1 fully saturated rings. The maximum absolute atomic E-state index is 12.2. The van der Waals surface area contributed by atoms with Crippen molar-refractivity contribution in [2.75, 3.05) is 35.2 Å². The number of carboxylic acid groups (broad SMARTS) is 1. The second-order valence-electron chi connectivity index (χ2n) is 16.1. The summed E-state index contributed by atoms with van der Waals surface area (Å²) < 4.78 is 50.7. The van der Waals surface area contributed by atoms with Crippen molar-refractivity contribution in [2.45, 2.75) is 86.8 Å². The minimum absolute atomic E-state index is 0.00789. The third kappa shape index (κ3) is 11.0. The van der Waals surface area contributed by atoms with Gasteiger partial charge >= 0.3 is 5.97 Å². The summed E-state index contributed by atoms with van der Waals surface area (Å²) in [6.07, 6.45) is 12.8. The lowest BCUT2D eigenvalue weighted by Crippen LogP contribution is -2.28. The summed E-state index contributed by atoms with van der Waals surface area (Å²) in [5.74, 6) is 1.07. The van der Waals surface area contributed by atoms with Gasteiger partial charge in [-0.1, -0.05) is 41.1 Å². The molecule has 16 nitrogen and oxygen atoms in total. The molecule has 1 saturated carbocycles. The number of nitrogens with zero attached hydrogens (tertiary/aromatic N) is 2. The van der Waals surface area contributed by atoms with Crippen LogP contribution in [0.4, 0.5) is 11.4 Å². The molecule has 21 heteroatoms. The quantitative estimate of drug-likeness (QED) is 0.0175. The average Bonchev–Trinajstić information content (AvgIpc) is 3.82. The Morgan fingerprint density at radius 3 is 2.27 bits per heavy atom. The second kappa shape index (κ2) is 21.5. The molecule has 2 aliphatic carbocycles. The van der Waals surface area contributed by atoms with E-state index in [9.17, 15) is 22.9 Å². The van der Waals surface area contributed by atoms with Crippen LogP contribution in [0.15, 0.2) is 92.2 Å². The van der Waals surface area contributed by atoms with Crippen molar-refractivity contribution in [1.29, 1.82) is 0 Å². The van der Waals surface area contributed by atoms with Gasteiger partial charge in [-0.05, 0) is 104 Å². The van der Waals surface area contributed by atoms with Crippen molar-refractivity contribution < 1.29 is 71.3 Å². The fourth-order valence-electron chi connectivity index (χ4n) is 8.98. The number of hydrogen-bond donors (Lipinski definition) is 5. The Labute approximate surface area is 377 Å². The molecular weight excluding hydrogens is 905 g/mol. The standard InChI is InChI=1S/C41H50N2O14S5/c1-40(2)32-24-28(61-57-54-48)9-13-34(32)42(18-5-20-59-55-52-46)36(40)15-11-30-26-7-8-27(23-26)31(39(30)58-22-17-38(44)45)12-16-37-41(3,4)33-25-29(62(49,50)51)10-14-35(33)43(37)19-6-21-60-56-53-47/h9-16,24-27H,5-8,17-23H2,1-4H3,(H4-,44,45,46,47,48,49,50,51)/p+1. The molecule has 2 aromatic rings. The lowest BCUT2D eigenvalue weighted by Gasteiger charge is -2.29. The Hall–Kier alpha value is -2.71. The van der Waals surface area contributed by atoms with Gasteiger partial charge in [-0.15, -0.1) is 24.8 Å². The second-order valence-corrected chi connectivity index (χ2v) is 21.0. The molecule has 5 N–H and O–H groups in total. The molecule has 62 heavy (non-hydrogen) atoms. The van der Waals surface area contributed by atoms with Gasteiger partial charge in [-0.25, -0.2) is 15.8 Å². The van der Waals surface area contributed by atoms with E-state index < -0.39 is 26.9 Å².